The van der Waals surface area contributed by atoms with Crippen LogP contribution < -0.4 is 10.1 Å². The van der Waals surface area contributed by atoms with Crippen LogP contribution in [0, 0.1) is 13.8 Å². The van der Waals surface area contributed by atoms with Crippen molar-refractivity contribution in [3.05, 3.63) is 99.5 Å². The Balaban J connectivity index is 1.87. The summed E-state index contributed by atoms with van der Waals surface area (Å²) in [7, 11) is 1.59. The minimum Gasteiger partial charge on any atom is -0.483 e. The van der Waals surface area contributed by atoms with Gasteiger partial charge in [-0.2, -0.15) is 0 Å². The molecule has 0 fully saturated rings. The number of rotatable bonds is 9. The molecule has 33 heavy (non-hydrogen) atoms. The lowest BCUT2D eigenvalue weighted by Gasteiger charge is -2.31. The standard InChI is InChI=1S/C27H29BrN2O3/c1-19-9-14-25(20(2)15-19)33-18-26(31)30(17-22-10-12-23(28)13-11-22)24(27(32)29-3)16-21-7-5-4-6-8-21/h4-15,24H,16-18H2,1-3H3,(H,29,32). The molecule has 0 aromatic heterocycles. The second-order valence-corrected chi connectivity index (χ2v) is 8.94. The van der Waals surface area contributed by atoms with Gasteiger partial charge in [-0.05, 0) is 48.7 Å². The van der Waals surface area contributed by atoms with Gasteiger partial charge < -0.3 is 15.0 Å². The molecule has 0 spiro atoms. The Bertz CT molecular complexity index is 1080. The van der Waals surface area contributed by atoms with Gasteiger partial charge in [-0.15, -0.1) is 0 Å². The second-order valence-electron chi connectivity index (χ2n) is 8.03. The molecule has 6 heteroatoms. The second kappa shape index (κ2) is 11.7. The van der Waals surface area contributed by atoms with Gasteiger partial charge in [0.25, 0.3) is 5.91 Å². The number of likely N-dealkylation sites (N-methyl/N-ethyl adjacent to an activating group) is 1. The van der Waals surface area contributed by atoms with Gasteiger partial charge in [0.1, 0.15) is 11.8 Å². The number of hydrogen-bond acceptors (Lipinski definition) is 3. The molecule has 172 valence electrons. The van der Waals surface area contributed by atoms with E-state index in [2.05, 4.69) is 21.2 Å². The molecular weight excluding hydrogens is 480 g/mol. The van der Waals surface area contributed by atoms with Crippen LogP contribution >= 0.6 is 15.9 Å². The maximum absolute atomic E-state index is 13.4. The highest BCUT2D eigenvalue weighted by molar-refractivity contribution is 9.10. The molecule has 5 nitrogen and oxygen atoms in total. The summed E-state index contributed by atoms with van der Waals surface area (Å²) in [5.41, 5.74) is 4.01. The number of halogens is 1. The van der Waals surface area contributed by atoms with Crippen LogP contribution in [0.1, 0.15) is 22.3 Å². The highest BCUT2D eigenvalue weighted by Gasteiger charge is 2.30. The summed E-state index contributed by atoms with van der Waals surface area (Å²) in [5.74, 6) is 0.204. The van der Waals surface area contributed by atoms with Crippen LogP contribution in [0.5, 0.6) is 5.75 Å². The van der Waals surface area contributed by atoms with Gasteiger partial charge in [0.2, 0.25) is 5.91 Å². The summed E-state index contributed by atoms with van der Waals surface area (Å²) in [6, 6.07) is 22.6. The summed E-state index contributed by atoms with van der Waals surface area (Å²) in [5, 5.41) is 2.72. The van der Waals surface area contributed by atoms with E-state index in [4.69, 9.17) is 4.74 Å². The van der Waals surface area contributed by atoms with E-state index in [9.17, 15) is 9.59 Å². The molecule has 3 rings (SSSR count). The molecule has 3 aromatic rings. The lowest BCUT2D eigenvalue weighted by Crippen LogP contribution is -2.51. The lowest BCUT2D eigenvalue weighted by atomic mass is 10.0. The van der Waals surface area contributed by atoms with Crippen molar-refractivity contribution >= 4 is 27.7 Å². The van der Waals surface area contributed by atoms with Gasteiger partial charge >= 0.3 is 0 Å². The van der Waals surface area contributed by atoms with Crippen LogP contribution in [0.4, 0.5) is 0 Å². The molecule has 1 unspecified atom stereocenters. The Kier molecular flexibility index (Phi) is 8.66. The molecule has 0 bridgehead atoms. The normalized spacial score (nSPS) is 11.5. The molecule has 0 heterocycles. The number of nitrogens with zero attached hydrogens (tertiary/aromatic N) is 1. The Morgan fingerprint density at radius 2 is 1.67 bits per heavy atom. The van der Waals surface area contributed by atoms with Crippen molar-refractivity contribution in [1.29, 1.82) is 0 Å². The minimum absolute atomic E-state index is 0.150. The van der Waals surface area contributed by atoms with Crippen molar-refractivity contribution in [2.75, 3.05) is 13.7 Å². The molecule has 1 N–H and O–H groups in total. The van der Waals surface area contributed by atoms with Crippen LogP contribution in [-0.2, 0) is 22.6 Å². The number of carbonyl (C=O) groups is 2. The monoisotopic (exact) mass is 508 g/mol. The number of carbonyl (C=O) groups excluding carboxylic acids is 2. The third-order valence-electron chi connectivity index (χ3n) is 5.47. The average Bonchev–Trinajstić information content (AvgIpc) is 2.82. The molecule has 0 radical (unpaired) electrons. The smallest absolute Gasteiger partial charge is 0.261 e. The molecule has 1 atom stereocenters. The van der Waals surface area contributed by atoms with Gasteiger partial charge in [-0.25, -0.2) is 0 Å². The number of nitrogens with one attached hydrogen (secondary N) is 1. The average molecular weight is 509 g/mol. The first kappa shape index (κ1) is 24.5. The van der Waals surface area contributed by atoms with E-state index in [0.717, 1.165) is 26.7 Å². The SMILES string of the molecule is CNC(=O)C(Cc1ccccc1)N(Cc1ccc(Br)cc1)C(=O)COc1ccc(C)cc1C. The Labute approximate surface area is 203 Å². The van der Waals surface area contributed by atoms with Gasteiger partial charge in [0.05, 0.1) is 0 Å². The largest absolute Gasteiger partial charge is 0.483 e. The predicted octanol–water partition coefficient (Wildman–Crippen LogP) is 4.83. The topological polar surface area (TPSA) is 58.6 Å². The molecule has 0 aliphatic rings. The number of hydrogen-bond donors (Lipinski definition) is 1. The minimum atomic E-state index is -0.670. The van der Waals surface area contributed by atoms with E-state index in [1.54, 1.807) is 11.9 Å². The molecule has 0 aliphatic heterocycles. The van der Waals surface area contributed by atoms with Gasteiger partial charge in [0, 0.05) is 24.5 Å². The Morgan fingerprint density at radius 3 is 2.30 bits per heavy atom. The number of ether oxygens (including phenoxy) is 1. The maximum atomic E-state index is 13.4. The number of amides is 2. The van der Waals surface area contributed by atoms with Gasteiger partial charge in [-0.3, -0.25) is 9.59 Å². The first-order valence-electron chi connectivity index (χ1n) is 10.9. The van der Waals surface area contributed by atoms with E-state index < -0.39 is 6.04 Å². The van der Waals surface area contributed by atoms with Crippen molar-refractivity contribution in [3.8, 4) is 5.75 Å². The molecule has 0 aliphatic carbocycles. The van der Waals surface area contributed by atoms with Crippen molar-refractivity contribution < 1.29 is 14.3 Å². The quantitative estimate of drug-likeness (QED) is 0.450. The number of aryl methyl sites for hydroxylation is 2. The van der Waals surface area contributed by atoms with Crippen molar-refractivity contribution in [3.63, 3.8) is 0 Å². The van der Waals surface area contributed by atoms with Crippen molar-refractivity contribution in [1.82, 2.24) is 10.2 Å². The fraction of sp³-hybridized carbons (Fsp3) is 0.259. The molecule has 0 saturated carbocycles. The summed E-state index contributed by atoms with van der Waals surface area (Å²) in [6.45, 7) is 4.12. The summed E-state index contributed by atoms with van der Waals surface area (Å²) < 4.78 is 6.83. The first-order valence-corrected chi connectivity index (χ1v) is 11.7. The summed E-state index contributed by atoms with van der Waals surface area (Å²) >= 11 is 3.45. The molecule has 3 aromatic carbocycles. The maximum Gasteiger partial charge on any atom is 0.261 e. The van der Waals surface area contributed by atoms with Gasteiger partial charge in [0.15, 0.2) is 6.61 Å². The first-order chi connectivity index (χ1) is 15.9. The zero-order valence-electron chi connectivity index (χ0n) is 19.2. The van der Waals surface area contributed by atoms with E-state index in [-0.39, 0.29) is 18.4 Å². The van der Waals surface area contributed by atoms with Crippen LogP contribution in [0.25, 0.3) is 0 Å². The summed E-state index contributed by atoms with van der Waals surface area (Å²) in [4.78, 5) is 28.0. The Hall–Kier alpha value is -3.12. The zero-order chi connectivity index (χ0) is 23.8. The molecule has 2 amide bonds. The molecular formula is C27H29BrN2O3. The van der Waals surface area contributed by atoms with E-state index >= 15 is 0 Å². The highest BCUT2D eigenvalue weighted by Crippen LogP contribution is 2.20. The Morgan fingerprint density at radius 1 is 0.970 bits per heavy atom. The third-order valence-corrected chi connectivity index (χ3v) is 5.99. The van der Waals surface area contributed by atoms with Crippen molar-refractivity contribution in [2.45, 2.75) is 32.9 Å². The van der Waals surface area contributed by atoms with Crippen LogP contribution in [0.15, 0.2) is 77.3 Å². The highest BCUT2D eigenvalue weighted by atomic mass is 79.9. The zero-order valence-corrected chi connectivity index (χ0v) is 20.8. The number of benzene rings is 3. The fourth-order valence-corrected chi connectivity index (χ4v) is 3.96. The van der Waals surface area contributed by atoms with Crippen LogP contribution in [-0.4, -0.2) is 36.4 Å². The molecule has 0 saturated heterocycles. The van der Waals surface area contributed by atoms with Crippen molar-refractivity contribution in [2.24, 2.45) is 0 Å². The van der Waals surface area contributed by atoms with Gasteiger partial charge in [-0.1, -0.05) is 76.1 Å². The van der Waals surface area contributed by atoms with Crippen LogP contribution in [0.2, 0.25) is 0 Å². The van der Waals surface area contributed by atoms with E-state index in [1.165, 1.54) is 0 Å². The lowest BCUT2D eigenvalue weighted by molar-refractivity contribution is -0.142. The summed E-state index contributed by atoms with van der Waals surface area (Å²) in [6.07, 6.45) is 0.409. The third kappa shape index (κ3) is 6.93. The van der Waals surface area contributed by atoms with E-state index in [1.807, 2.05) is 86.6 Å². The van der Waals surface area contributed by atoms with E-state index in [0.29, 0.717) is 18.7 Å². The fourth-order valence-electron chi connectivity index (χ4n) is 3.69. The predicted molar refractivity (Wildman–Crippen MR) is 134 cm³/mol. The van der Waals surface area contributed by atoms with Crippen LogP contribution in [0.3, 0.4) is 0 Å².